The Balaban J connectivity index is 1.97. The van der Waals surface area contributed by atoms with Gasteiger partial charge in [0.2, 0.25) is 0 Å². The van der Waals surface area contributed by atoms with Crippen molar-refractivity contribution in [3.05, 3.63) is 52.5 Å². The van der Waals surface area contributed by atoms with E-state index in [-0.39, 0.29) is 17.1 Å². The third-order valence-corrected chi connectivity index (χ3v) is 3.79. The fraction of sp³-hybridized carbons (Fsp3) is 0.176. The van der Waals surface area contributed by atoms with E-state index in [1.165, 1.54) is 19.2 Å². The average molecular weight is 430 g/mol. The Bertz CT molecular complexity index is 800. The van der Waals surface area contributed by atoms with Crippen molar-refractivity contribution >= 4 is 33.5 Å². The second-order valence-electron chi connectivity index (χ2n) is 4.85. The monoisotopic (exact) mass is 429 g/mol. The summed E-state index contributed by atoms with van der Waals surface area (Å²) in [6, 6.07) is 10.5. The number of carbonyl (C=O) groups is 2. The van der Waals surface area contributed by atoms with Crippen LogP contribution in [-0.2, 0) is 9.53 Å². The molecule has 26 heavy (non-hydrogen) atoms. The maximum atomic E-state index is 12.3. The number of esters is 1. The molecule has 2 rings (SSSR count). The average Bonchev–Trinajstić information content (AvgIpc) is 2.61. The molecular formula is C17H14BrF2NO5. The number of halogens is 3. The van der Waals surface area contributed by atoms with Crippen LogP contribution in [-0.4, -0.2) is 32.2 Å². The first-order valence-corrected chi connectivity index (χ1v) is 8.04. The summed E-state index contributed by atoms with van der Waals surface area (Å²) in [5.41, 5.74) is 0.556. The van der Waals surface area contributed by atoms with E-state index in [1.807, 2.05) is 0 Å². The Kier molecular flexibility index (Phi) is 6.90. The Morgan fingerprint density at radius 3 is 2.54 bits per heavy atom. The summed E-state index contributed by atoms with van der Waals surface area (Å²) < 4.78 is 39.4. The van der Waals surface area contributed by atoms with Crippen LogP contribution in [0, 0.1) is 0 Å². The quantitative estimate of drug-likeness (QED) is 0.676. The van der Waals surface area contributed by atoms with Gasteiger partial charge in [-0.15, -0.1) is 0 Å². The number of amides is 1. The van der Waals surface area contributed by atoms with Gasteiger partial charge in [-0.1, -0.05) is 12.1 Å². The Hall–Kier alpha value is -2.68. The highest BCUT2D eigenvalue weighted by Gasteiger charge is 2.16. The third-order valence-electron chi connectivity index (χ3n) is 3.10. The van der Waals surface area contributed by atoms with E-state index in [1.54, 1.807) is 24.3 Å². The molecule has 0 aliphatic carbocycles. The molecule has 1 N–H and O–H groups in total. The van der Waals surface area contributed by atoms with Crippen LogP contribution in [0.2, 0.25) is 0 Å². The minimum atomic E-state index is -3.03. The molecule has 0 unspecified atom stereocenters. The largest absolute Gasteiger partial charge is 0.493 e. The van der Waals surface area contributed by atoms with Crippen LogP contribution < -0.4 is 14.8 Å². The summed E-state index contributed by atoms with van der Waals surface area (Å²) in [5, 5.41) is 2.58. The fourth-order valence-electron chi connectivity index (χ4n) is 1.95. The van der Waals surface area contributed by atoms with E-state index < -0.39 is 25.1 Å². The molecule has 0 bridgehead atoms. The number of benzene rings is 2. The lowest BCUT2D eigenvalue weighted by molar-refractivity contribution is -0.119. The lowest BCUT2D eigenvalue weighted by atomic mass is 10.2. The van der Waals surface area contributed by atoms with Crippen LogP contribution in [0.15, 0.2) is 46.9 Å². The van der Waals surface area contributed by atoms with Gasteiger partial charge in [0.15, 0.2) is 18.1 Å². The number of rotatable bonds is 7. The molecule has 2 aromatic rings. The smallest absolute Gasteiger partial charge is 0.387 e. The number of ether oxygens (including phenoxy) is 3. The van der Waals surface area contributed by atoms with E-state index >= 15 is 0 Å². The molecule has 0 saturated heterocycles. The summed E-state index contributed by atoms with van der Waals surface area (Å²) in [7, 11) is 1.24. The normalized spacial score (nSPS) is 10.3. The highest BCUT2D eigenvalue weighted by atomic mass is 79.9. The van der Waals surface area contributed by atoms with E-state index in [9.17, 15) is 18.4 Å². The second-order valence-corrected chi connectivity index (χ2v) is 5.70. The molecule has 0 spiro atoms. The number of anilines is 1. The van der Waals surface area contributed by atoms with Crippen LogP contribution >= 0.6 is 15.9 Å². The zero-order chi connectivity index (χ0) is 19.1. The van der Waals surface area contributed by atoms with Crippen molar-refractivity contribution in [2.45, 2.75) is 6.61 Å². The first-order valence-electron chi connectivity index (χ1n) is 7.25. The predicted octanol–water partition coefficient (Wildman–Crippen LogP) is 3.85. The SMILES string of the molecule is COc1cc(C(=O)OCC(=O)Nc2ccccc2Br)ccc1OC(F)F. The number of methoxy groups -OCH3 is 1. The number of hydrogen-bond donors (Lipinski definition) is 1. The Morgan fingerprint density at radius 1 is 1.15 bits per heavy atom. The summed E-state index contributed by atoms with van der Waals surface area (Å²) in [4.78, 5) is 23.9. The van der Waals surface area contributed by atoms with Crippen LogP contribution in [0.1, 0.15) is 10.4 Å². The zero-order valence-electron chi connectivity index (χ0n) is 13.5. The summed E-state index contributed by atoms with van der Waals surface area (Å²) >= 11 is 3.28. The third kappa shape index (κ3) is 5.41. The molecule has 9 heteroatoms. The molecule has 2 aromatic carbocycles. The van der Waals surface area contributed by atoms with Gasteiger partial charge in [0.1, 0.15) is 0 Å². The predicted molar refractivity (Wildman–Crippen MR) is 92.7 cm³/mol. The lowest BCUT2D eigenvalue weighted by Crippen LogP contribution is -2.21. The van der Waals surface area contributed by atoms with Crippen LogP contribution in [0.4, 0.5) is 14.5 Å². The molecule has 6 nitrogen and oxygen atoms in total. The van der Waals surface area contributed by atoms with Gasteiger partial charge in [-0.25, -0.2) is 4.79 Å². The molecule has 0 heterocycles. The lowest BCUT2D eigenvalue weighted by Gasteiger charge is -2.11. The zero-order valence-corrected chi connectivity index (χ0v) is 15.1. The second kappa shape index (κ2) is 9.14. The highest BCUT2D eigenvalue weighted by Crippen LogP contribution is 2.29. The number of alkyl halides is 2. The number of carbonyl (C=O) groups excluding carboxylic acids is 2. The van der Waals surface area contributed by atoms with Crippen LogP contribution in [0.25, 0.3) is 0 Å². The van der Waals surface area contributed by atoms with Crippen molar-refractivity contribution in [2.24, 2.45) is 0 Å². The van der Waals surface area contributed by atoms with E-state index in [2.05, 4.69) is 26.0 Å². The van der Waals surface area contributed by atoms with Gasteiger partial charge < -0.3 is 19.5 Å². The summed E-state index contributed by atoms with van der Waals surface area (Å²) in [6.07, 6.45) is 0. The minimum absolute atomic E-state index is 0.0251. The Labute approximate surface area is 156 Å². The number of para-hydroxylation sites is 1. The first kappa shape index (κ1) is 19.6. The van der Waals surface area contributed by atoms with Gasteiger partial charge in [-0.05, 0) is 46.3 Å². The minimum Gasteiger partial charge on any atom is -0.493 e. The van der Waals surface area contributed by atoms with Crippen molar-refractivity contribution < 1.29 is 32.6 Å². The van der Waals surface area contributed by atoms with Crippen molar-refractivity contribution in [3.8, 4) is 11.5 Å². The molecule has 0 fully saturated rings. The van der Waals surface area contributed by atoms with E-state index in [0.717, 1.165) is 6.07 Å². The molecule has 0 aliphatic heterocycles. The molecule has 0 saturated carbocycles. The van der Waals surface area contributed by atoms with E-state index in [4.69, 9.17) is 9.47 Å². The molecule has 0 aliphatic rings. The van der Waals surface area contributed by atoms with Crippen LogP contribution in [0.3, 0.4) is 0 Å². The van der Waals surface area contributed by atoms with Gasteiger partial charge in [0, 0.05) is 4.47 Å². The molecular weight excluding hydrogens is 416 g/mol. The summed E-state index contributed by atoms with van der Waals surface area (Å²) in [6.45, 7) is -3.54. The molecule has 138 valence electrons. The van der Waals surface area contributed by atoms with Gasteiger partial charge in [-0.3, -0.25) is 4.79 Å². The molecule has 1 amide bonds. The molecule has 0 atom stereocenters. The van der Waals surface area contributed by atoms with Gasteiger partial charge in [-0.2, -0.15) is 8.78 Å². The maximum Gasteiger partial charge on any atom is 0.387 e. The number of nitrogens with one attached hydrogen (secondary N) is 1. The standard InChI is InChI=1S/C17H14BrF2NO5/c1-24-14-8-10(6-7-13(14)26-17(19)20)16(23)25-9-15(22)21-12-5-3-2-4-11(12)18/h2-8,17H,9H2,1H3,(H,21,22). The van der Waals surface area contributed by atoms with E-state index in [0.29, 0.717) is 10.2 Å². The molecule has 0 radical (unpaired) electrons. The van der Waals surface area contributed by atoms with Crippen LogP contribution in [0.5, 0.6) is 11.5 Å². The van der Waals surface area contributed by atoms with Gasteiger partial charge in [0.05, 0.1) is 18.4 Å². The summed E-state index contributed by atoms with van der Waals surface area (Å²) in [5.74, 6) is -1.62. The highest BCUT2D eigenvalue weighted by molar-refractivity contribution is 9.10. The number of hydrogen-bond acceptors (Lipinski definition) is 5. The van der Waals surface area contributed by atoms with Gasteiger partial charge >= 0.3 is 12.6 Å². The molecule has 0 aromatic heterocycles. The van der Waals surface area contributed by atoms with Gasteiger partial charge in [0.25, 0.3) is 5.91 Å². The maximum absolute atomic E-state index is 12.3. The Morgan fingerprint density at radius 2 is 1.88 bits per heavy atom. The van der Waals surface area contributed by atoms with Crippen molar-refractivity contribution in [2.75, 3.05) is 19.0 Å². The topological polar surface area (TPSA) is 73.9 Å². The fourth-order valence-corrected chi connectivity index (χ4v) is 2.34. The van der Waals surface area contributed by atoms with Crippen molar-refractivity contribution in [3.63, 3.8) is 0 Å². The first-order chi connectivity index (χ1) is 12.4. The van der Waals surface area contributed by atoms with Crippen molar-refractivity contribution in [1.29, 1.82) is 0 Å². The van der Waals surface area contributed by atoms with Crippen molar-refractivity contribution in [1.82, 2.24) is 0 Å².